The molecular weight excluding hydrogens is 359 g/mol. The topological polar surface area (TPSA) is 42.8 Å². The zero-order chi connectivity index (χ0) is 18.4. The number of carbonyl (C=O) groups excluding carboxylic acids is 1. The van der Waals surface area contributed by atoms with Gasteiger partial charge in [-0.1, -0.05) is 29.3 Å². The van der Waals surface area contributed by atoms with Gasteiger partial charge in [0.05, 0.1) is 29.4 Å². The van der Waals surface area contributed by atoms with Crippen LogP contribution in [0.3, 0.4) is 0 Å². The first-order chi connectivity index (χ1) is 11.9. The Kier molecular flexibility index (Phi) is 7.12. The fraction of sp³-hybridized carbons (Fsp3) is 0.316. The van der Waals surface area contributed by atoms with E-state index in [2.05, 4.69) is 5.32 Å². The molecule has 134 valence electrons. The standard InChI is InChI=1S/C19H22Cl2N2O2/c1-4-25-15-8-6-14(7-9-15)11-23(3)12-17(24)22-19-16(20)10-5-13(2)18(19)21/h5-10H,4,11-12H2,1-3H3,(H,22,24)/p+1. The molecule has 25 heavy (non-hydrogen) atoms. The zero-order valence-electron chi connectivity index (χ0n) is 14.7. The third kappa shape index (κ3) is 5.63. The van der Waals surface area contributed by atoms with E-state index in [1.54, 1.807) is 6.07 Å². The van der Waals surface area contributed by atoms with Crippen LogP contribution in [0.2, 0.25) is 10.0 Å². The Balaban J connectivity index is 1.93. The van der Waals surface area contributed by atoms with Gasteiger partial charge in [0, 0.05) is 5.56 Å². The molecule has 2 rings (SSSR count). The Labute approximate surface area is 158 Å². The molecule has 1 unspecified atom stereocenters. The van der Waals surface area contributed by atoms with Crippen molar-refractivity contribution >= 4 is 34.8 Å². The highest BCUT2D eigenvalue weighted by Crippen LogP contribution is 2.32. The van der Waals surface area contributed by atoms with E-state index in [1.165, 1.54) is 0 Å². The van der Waals surface area contributed by atoms with Crippen LogP contribution >= 0.6 is 23.2 Å². The van der Waals surface area contributed by atoms with Gasteiger partial charge < -0.3 is 15.0 Å². The Morgan fingerprint density at radius 2 is 1.84 bits per heavy atom. The van der Waals surface area contributed by atoms with Crippen LogP contribution in [0, 0.1) is 6.92 Å². The van der Waals surface area contributed by atoms with E-state index in [4.69, 9.17) is 27.9 Å². The second kappa shape index (κ2) is 9.09. The normalized spacial score (nSPS) is 11.9. The minimum Gasteiger partial charge on any atom is -0.494 e. The summed E-state index contributed by atoms with van der Waals surface area (Å²) in [6.45, 7) is 5.52. The number of quaternary nitrogens is 1. The van der Waals surface area contributed by atoms with Gasteiger partial charge in [-0.2, -0.15) is 0 Å². The van der Waals surface area contributed by atoms with E-state index < -0.39 is 0 Å². The maximum Gasteiger partial charge on any atom is 0.279 e. The van der Waals surface area contributed by atoms with Crippen LogP contribution in [0.15, 0.2) is 36.4 Å². The molecule has 1 atom stereocenters. The van der Waals surface area contributed by atoms with Crippen molar-refractivity contribution in [2.24, 2.45) is 0 Å². The summed E-state index contributed by atoms with van der Waals surface area (Å²) in [5, 5.41) is 3.73. The lowest BCUT2D eigenvalue weighted by atomic mass is 10.2. The number of hydrogen-bond donors (Lipinski definition) is 2. The molecule has 0 fully saturated rings. The first-order valence-electron chi connectivity index (χ1n) is 8.18. The number of halogens is 2. The van der Waals surface area contributed by atoms with Gasteiger partial charge in [-0.05, 0) is 49.7 Å². The van der Waals surface area contributed by atoms with Crippen LogP contribution in [0.1, 0.15) is 18.1 Å². The van der Waals surface area contributed by atoms with Crippen molar-refractivity contribution in [3.8, 4) is 5.75 Å². The number of ether oxygens (including phenoxy) is 1. The van der Waals surface area contributed by atoms with Crippen molar-refractivity contribution < 1.29 is 14.4 Å². The summed E-state index contributed by atoms with van der Waals surface area (Å²) in [6, 6.07) is 11.5. The minimum absolute atomic E-state index is 0.127. The number of carbonyl (C=O) groups is 1. The third-order valence-electron chi connectivity index (χ3n) is 3.75. The van der Waals surface area contributed by atoms with Crippen LogP contribution in [0.4, 0.5) is 5.69 Å². The fourth-order valence-electron chi connectivity index (χ4n) is 2.51. The molecule has 2 aromatic rings. The summed E-state index contributed by atoms with van der Waals surface area (Å²) in [7, 11) is 1.97. The highest BCUT2D eigenvalue weighted by molar-refractivity contribution is 6.40. The van der Waals surface area contributed by atoms with Crippen molar-refractivity contribution in [1.82, 2.24) is 0 Å². The minimum atomic E-state index is -0.127. The highest BCUT2D eigenvalue weighted by atomic mass is 35.5. The van der Waals surface area contributed by atoms with Crippen LogP contribution in [-0.2, 0) is 11.3 Å². The first-order valence-corrected chi connectivity index (χ1v) is 8.93. The average molecular weight is 382 g/mol. The summed E-state index contributed by atoms with van der Waals surface area (Å²) in [4.78, 5) is 13.4. The predicted molar refractivity (Wildman–Crippen MR) is 103 cm³/mol. The Bertz CT molecular complexity index is 733. The molecule has 0 aliphatic carbocycles. The molecule has 0 aliphatic heterocycles. The van der Waals surface area contributed by atoms with E-state index in [1.807, 2.05) is 51.2 Å². The summed E-state index contributed by atoms with van der Waals surface area (Å²) in [5.41, 5.74) is 2.49. The molecular formula is C19H23Cl2N2O2+. The monoisotopic (exact) mass is 381 g/mol. The molecule has 6 heteroatoms. The maximum absolute atomic E-state index is 12.3. The smallest absolute Gasteiger partial charge is 0.279 e. The lowest BCUT2D eigenvalue weighted by Crippen LogP contribution is -3.08. The van der Waals surface area contributed by atoms with Crippen LogP contribution in [0.5, 0.6) is 5.75 Å². The number of likely N-dealkylation sites (N-methyl/N-ethyl adjacent to an activating group) is 1. The lowest BCUT2D eigenvalue weighted by Gasteiger charge is -2.16. The molecule has 0 saturated heterocycles. The van der Waals surface area contributed by atoms with Gasteiger partial charge in [0.2, 0.25) is 0 Å². The first kappa shape index (κ1) is 19.6. The molecule has 0 aromatic heterocycles. The van der Waals surface area contributed by atoms with Gasteiger partial charge in [0.25, 0.3) is 5.91 Å². The molecule has 2 N–H and O–H groups in total. The highest BCUT2D eigenvalue weighted by Gasteiger charge is 2.15. The number of hydrogen-bond acceptors (Lipinski definition) is 2. The molecule has 0 spiro atoms. The van der Waals surface area contributed by atoms with E-state index in [-0.39, 0.29) is 5.91 Å². The fourth-order valence-corrected chi connectivity index (χ4v) is 2.98. The molecule has 4 nitrogen and oxygen atoms in total. The van der Waals surface area contributed by atoms with E-state index in [0.29, 0.717) is 28.9 Å². The number of nitrogens with one attached hydrogen (secondary N) is 2. The van der Waals surface area contributed by atoms with Gasteiger partial charge in [0.1, 0.15) is 12.3 Å². The summed E-state index contributed by atoms with van der Waals surface area (Å²) < 4.78 is 5.43. The second-order valence-electron chi connectivity index (χ2n) is 5.99. The second-order valence-corrected chi connectivity index (χ2v) is 6.77. The summed E-state index contributed by atoms with van der Waals surface area (Å²) >= 11 is 12.4. The molecule has 0 radical (unpaired) electrons. The van der Waals surface area contributed by atoms with Crippen molar-refractivity contribution in [3.63, 3.8) is 0 Å². The zero-order valence-corrected chi connectivity index (χ0v) is 16.2. The number of anilines is 1. The van der Waals surface area contributed by atoms with E-state index in [0.717, 1.165) is 28.3 Å². The molecule has 0 bridgehead atoms. The van der Waals surface area contributed by atoms with Gasteiger partial charge in [0.15, 0.2) is 6.54 Å². The van der Waals surface area contributed by atoms with Gasteiger partial charge >= 0.3 is 0 Å². The number of benzene rings is 2. The molecule has 2 aromatic carbocycles. The Hall–Kier alpha value is -1.75. The van der Waals surface area contributed by atoms with Gasteiger partial charge in [-0.25, -0.2) is 0 Å². The third-order valence-corrected chi connectivity index (χ3v) is 4.55. The molecule has 0 saturated carbocycles. The molecule has 0 aliphatic rings. The van der Waals surface area contributed by atoms with Crippen molar-refractivity contribution in [3.05, 3.63) is 57.6 Å². The van der Waals surface area contributed by atoms with Crippen LogP contribution < -0.4 is 15.0 Å². The Morgan fingerprint density at radius 3 is 2.48 bits per heavy atom. The Morgan fingerprint density at radius 1 is 1.16 bits per heavy atom. The number of aryl methyl sites for hydroxylation is 1. The lowest BCUT2D eigenvalue weighted by molar-refractivity contribution is -0.885. The van der Waals surface area contributed by atoms with Crippen LogP contribution in [0.25, 0.3) is 0 Å². The molecule has 0 heterocycles. The number of amides is 1. The predicted octanol–water partition coefficient (Wildman–Crippen LogP) is 3.35. The molecule has 1 amide bonds. The van der Waals surface area contributed by atoms with Crippen LogP contribution in [-0.4, -0.2) is 26.1 Å². The van der Waals surface area contributed by atoms with Crippen molar-refractivity contribution in [2.75, 3.05) is 25.5 Å². The summed E-state index contributed by atoms with van der Waals surface area (Å²) in [6.07, 6.45) is 0. The maximum atomic E-state index is 12.3. The van der Waals surface area contributed by atoms with Crippen molar-refractivity contribution in [2.45, 2.75) is 20.4 Å². The summed E-state index contributed by atoms with van der Waals surface area (Å²) in [5.74, 6) is 0.725. The van der Waals surface area contributed by atoms with Gasteiger partial charge in [-0.3, -0.25) is 4.79 Å². The average Bonchev–Trinajstić information content (AvgIpc) is 2.57. The van der Waals surface area contributed by atoms with E-state index >= 15 is 0 Å². The van der Waals surface area contributed by atoms with Crippen molar-refractivity contribution in [1.29, 1.82) is 0 Å². The quantitative estimate of drug-likeness (QED) is 0.771. The largest absolute Gasteiger partial charge is 0.494 e. The number of rotatable bonds is 7. The van der Waals surface area contributed by atoms with E-state index in [9.17, 15) is 4.79 Å². The SMILES string of the molecule is CCOc1ccc(C[NH+](C)CC(=O)Nc2c(Cl)ccc(C)c2Cl)cc1. The van der Waals surface area contributed by atoms with Gasteiger partial charge in [-0.15, -0.1) is 0 Å².